The number of hydrogen-bond donors (Lipinski definition) is 1. The molecule has 0 bridgehead atoms. The average molecular weight is 213 g/mol. The molecule has 0 aliphatic rings. The Morgan fingerprint density at radius 2 is 1.71 bits per heavy atom. The van der Waals surface area contributed by atoms with Crippen LogP contribution < -0.4 is 0 Å². The predicted octanol–water partition coefficient (Wildman–Crippen LogP) is -0.309. The van der Waals surface area contributed by atoms with Crippen LogP contribution in [0.1, 0.15) is 0 Å². The van der Waals surface area contributed by atoms with Crippen LogP contribution in [0, 0.1) is 10.1 Å². The number of rotatable bonds is 0. The molecule has 1 N–H and O–H groups in total. The molecule has 43 valence electrons. The summed E-state index contributed by atoms with van der Waals surface area (Å²) in [6.45, 7) is 0. The molecule has 0 saturated heterocycles. The van der Waals surface area contributed by atoms with E-state index in [1.165, 1.54) is 0 Å². The monoisotopic (exact) mass is 212 g/mol. The quantitative estimate of drug-likeness (QED) is 0.341. The Hall–Kier alpha value is 0.750. The maximum absolute atomic E-state index is 8.36. The van der Waals surface area contributed by atoms with Gasteiger partial charge in [0.1, 0.15) is 0 Å². The first-order valence-electron chi connectivity index (χ1n) is 0.685. The van der Waals surface area contributed by atoms with Crippen molar-refractivity contribution in [2.45, 2.75) is 0 Å². The van der Waals surface area contributed by atoms with Crippen molar-refractivity contribution in [2.75, 3.05) is 0 Å². The fourth-order valence-electron chi connectivity index (χ4n) is 0. The van der Waals surface area contributed by atoms with Crippen LogP contribution in [0.15, 0.2) is 0 Å². The van der Waals surface area contributed by atoms with E-state index in [0.29, 0.717) is 0 Å². The van der Waals surface area contributed by atoms with Crippen molar-refractivity contribution in [3.8, 4) is 0 Å². The van der Waals surface area contributed by atoms with E-state index in [1.807, 2.05) is 0 Å². The summed E-state index contributed by atoms with van der Waals surface area (Å²) < 4.78 is 0. The molecule has 0 atom stereocenters. The van der Waals surface area contributed by atoms with Gasteiger partial charge in [0.15, 0.2) is 0 Å². The van der Waals surface area contributed by atoms with Gasteiger partial charge in [0.05, 0.1) is 0 Å². The zero-order valence-electron chi connectivity index (χ0n) is 2.41. The summed E-state index contributed by atoms with van der Waals surface area (Å²) in [5.74, 6) is 0. The maximum atomic E-state index is 8.36. The van der Waals surface area contributed by atoms with Crippen molar-refractivity contribution in [2.24, 2.45) is 0 Å². The average Bonchev–Trinajstić information content (AvgIpc) is 1.41. The van der Waals surface area contributed by atoms with Gasteiger partial charge < -0.3 is 5.21 Å². The van der Waals surface area contributed by atoms with E-state index in [-0.39, 0.29) is 18.9 Å². The third-order valence-corrected chi connectivity index (χ3v) is 0. The first-order valence-corrected chi connectivity index (χ1v) is 2.69. The summed E-state index contributed by atoms with van der Waals surface area (Å²) in [4.78, 5) is 8.36. The molecule has 7 heteroatoms. The number of hydrogen-bond acceptors (Lipinski definition) is 2. The summed E-state index contributed by atoms with van der Waals surface area (Å²) in [6.07, 6.45) is 0. The van der Waals surface area contributed by atoms with E-state index >= 15 is 0 Å². The van der Waals surface area contributed by atoms with Crippen LogP contribution in [0.3, 0.4) is 0 Å². The van der Waals surface area contributed by atoms with Gasteiger partial charge in [0, 0.05) is 0 Å². The Balaban J connectivity index is -0.0000000480. The summed E-state index contributed by atoms with van der Waals surface area (Å²) in [7, 11) is 4.49. The van der Waals surface area contributed by atoms with Crippen molar-refractivity contribution >= 4 is 28.4 Å². The van der Waals surface area contributed by atoms with Gasteiger partial charge in [-0.25, -0.2) is 0 Å². The topological polar surface area (TPSA) is 63.4 Å². The molecule has 0 heterocycles. The summed E-state index contributed by atoms with van der Waals surface area (Å²) in [6, 6.07) is 0. The summed E-state index contributed by atoms with van der Waals surface area (Å²) in [5, 5.41) is 13.6. The number of nitrogens with zero attached hydrogens (tertiary/aromatic N) is 1. The van der Waals surface area contributed by atoms with Crippen LogP contribution in [0.25, 0.3) is 0 Å². The molecule has 0 aliphatic carbocycles. The predicted molar refractivity (Wildman–Crippen MR) is 21.8 cm³/mol. The molecular formula is H2ClLiNO3Pd. The first-order chi connectivity index (χ1) is 2.73. The molecule has 0 spiro atoms. The molecular weight excluding hydrogens is 211 g/mol. The zero-order chi connectivity index (χ0) is 5.58. The molecule has 0 radical (unpaired) electrons. The molecule has 0 rings (SSSR count). The van der Waals surface area contributed by atoms with E-state index in [2.05, 4.69) is 27.7 Å². The second-order valence-electron chi connectivity index (χ2n) is 0.238. The molecule has 0 amide bonds. The van der Waals surface area contributed by atoms with E-state index in [1.54, 1.807) is 0 Å². The Morgan fingerprint density at radius 1 is 1.71 bits per heavy atom. The Bertz CT molecular complexity index is 37.9. The molecule has 0 unspecified atom stereocenters. The minimum absolute atomic E-state index is 0. The van der Waals surface area contributed by atoms with Gasteiger partial charge >= 0.3 is 46.6 Å². The van der Waals surface area contributed by atoms with Crippen LogP contribution in [0.4, 0.5) is 0 Å². The normalized spacial score (nSPS) is 4.43. The van der Waals surface area contributed by atoms with Gasteiger partial charge in [-0.05, 0) is 0 Å². The molecule has 0 saturated carbocycles. The third kappa shape index (κ3) is 271. The van der Waals surface area contributed by atoms with Crippen molar-refractivity contribution in [3.63, 3.8) is 0 Å². The fourth-order valence-corrected chi connectivity index (χ4v) is 0. The Kier molecular flexibility index (Phi) is 35.5. The van der Waals surface area contributed by atoms with E-state index in [0.717, 1.165) is 0 Å². The van der Waals surface area contributed by atoms with Gasteiger partial charge in [0.25, 0.3) is 5.09 Å². The molecule has 0 fully saturated rings. The van der Waals surface area contributed by atoms with Gasteiger partial charge in [-0.1, -0.05) is 0 Å². The molecule has 4 nitrogen and oxygen atoms in total. The van der Waals surface area contributed by atoms with Gasteiger partial charge in [-0.2, -0.15) is 0 Å². The van der Waals surface area contributed by atoms with Gasteiger partial charge in [0.2, 0.25) is 0 Å². The fraction of sp³-hybridized carbons (Fsp3) is 0. The molecule has 7 heavy (non-hydrogen) atoms. The second-order valence-corrected chi connectivity index (χ2v) is 0.238. The standard InChI is InChI=1S/ClH.Li.HNO3.Pd.H/c;;2-1(3)4;;/h1H;;(H,2,3,4);;/q;;;+1;/p-1. The summed E-state index contributed by atoms with van der Waals surface area (Å²) in [5.41, 5.74) is 0. The van der Waals surface area contributed by atoms with Crippen molar-refractivity contribution in [3.05, 3.63) is 10.1 Å². The van der Waals surface area contributed by atoms with Gasteiger partial charge in [-0.15, -0.1) is 10.1 Å². The van der Waals surface area contributed by atoms with Crippen LogP contribution >= 0.6 is 9.53 Å². The van der Waals surface area contributed by atoms with Crippen LogP contribution in [0.5, 0.6) is 0 Å². The van der Waals surface area contributed by atoms with Crippen molar-refractivity contribution < 1.29 is 28.5 Å². The van der Waals surface area contributed by atoms with Crippen LogP contribution in [0.2, 0.25) is 0 Å². The molecule has 0 aromatic heterocycles. The first kappa shape index (κ1) is 15.7. The SMILES string of the molecule is O=[N+]([O-])O.[Cl][Pd].[LiH]. The van der Waals surface area contributed by atoms with E-state index < -0.39 is 5.09 Å². The van der Waals surface area contributed by atoms with Crippen molar-refractivity contribution in [1.82, 2.24) is 0 Å². The third-order valence-electron chi connectivity index (χ3n) is 0. The van der Waals surface area contributed by atoms with Crippen LogP contribution in [-0.4, -0.2) is 29.2 Å². The molecule has 0 aromatic rings. The van der Waals surface area contributed by atoms with E-state index in [9.17, 15) is 0 Å². The Labute approximate surface area is 66.9 Å². The zero-order valence-corrected chi connectivity index (χ0v) is 4.72. The second kappa shape index (κ2) is 15.9. The Morgan fingerprint density at radius 3 is 1.71 bits per heavy atom. The van der Waals surface area contributed by atoms with Crippen LogP contribution in [-0.2, 0) is 18.2 Å². The van der Waals surface area contributed by atoms with E-state index in [4.69, 9.17) is 15.3 Å². The number of halogens is 1. The molecule has 0 aromatic carbocycles. The minimum atomic E-state index is -1.50. The van der Waals surface area contributed by atoms with Crippen molar-refractivity contribution in [1.29, 1.82) is 0 Å². The molecule has 0 aliphatic heterocycles. The summed E-state index contributed by atoms with van der Waals surface area (Å²) >= 11 is 2.22. The van der Waals surface area contributed by atoms with Gasteiger partial charge in [-0.3, -0.25) is 0 Å².